The Kier molecular flexibility index (Phi) is 11.1. The summed E-state index contributed by atoms with van der Waals surface area (Å²) < 4.78 is 53.4. The summed E-state index contributed by atoms with van der Waals surface area (Å²) in [5.74, 6) is 0.369. The van der Waals surface area contributed by atoms with Gasteiger partial charge in [0.1, 0.15) is 5.82 Å². The van der Waals surface area contributed by atoms with Crippen LogP contribution in [0.1, 0.15) is 46.7 Å². The smallest absolute Gasteiger partial charge is 0.419 e. The van der Waals surface area contributed by atoms with E-state index in [0.717, 1.165) is 41.2 Å². The van der Waals surface area contributed by atoms with Gasteiger partial charge in [-0.05, 0) is 62.7 Å². The molecule has 0 aliphatic heterocycles. The Hall–Kier alpha value is -3.64. The van der Waals surface area contributed by atoms with Gasteiger partial charge in [-0.2, -0.15) is 18.2 Å². The lowest BCUT2D eigenvalue weighted by Crippen LogP contribution is -2.22. The number of pyridine rings is 3. The van der Waals surface area contributed by atoms with Gasteiger partial charge in [0.15, 0.2) is 0 Å². The minimum absolute atomic E-state index is 0. The molecule has 1 aromatic carbocycles. The van der Waals surface area contributed by atoms with Gasteiger partial charge < -0.3 is 25.4 Å². The van der Waals surface area contributed by atoms with Crippen LogP contribution in [0.15, 0.2) is 48.7 Å². The second-order valence-electron chi connectivity index (χ2n) is 10.5. The number of hydrogen-bond acceptors (Lipinski definition) is 8. The lowest BCUT2D eigenvalue weighted by atomic mass is 9.83. The third-order valence-electron chi connectivity index (χ3n) is 7.67. The highest BCUT2D eigenvalue weighted by Gasteiger charge is 2.37. The third kappa shape index (κ3) is 7.12. The van der Waals surface area contributed by atoms with Gasteiger partial charge in [-0.25, -0.2) is 4.98 Å². The Labute approximate surface area is 271 Å². The Morgan fingerprint density at radius 1 is 0.933 bits per heavy atom. The number of alkyl halides is 3. The maximum Gasteiger partial charge on any atom is 0.419 e. The molecular formula is C32H35Cl2F3N6O2. The zero-order valence-electron chi connectivity index (χ0n) is 25.3. The van der Waals surface area contributed by atoms with Crippen LogP contribution in [0.3, 0.4) is 0 Å². The van der Waals surface area contributed by atoms with Crippen molar-refractivity contribution < 1.29 is 22.6 Å². The zero-order valence-corrected chi connectivity index (χ0v) is 26.9. The zero-order chi connectivity index (χ0) is 31.4. The van der Waals surface area contributed by atoms with E-state index in [1.54, 1.807) is 26.4 Å². The van der Waals surface area contributed by atoms with Crippen LogP contribution in [-0.4, -0.2) is 43.3 Å². The molecule has 13 heteroatoms. The number of methoxy groups -OCH3 is 2. The quantitative estimate of drug-likeness (QED) is 0.164. The number of fused-ring (bicyclic) bond motifs is 1. The molecule has 1 aliphatic rings. The number of ether oxygens (including phenoxy) is 2. The molecule has 1 aliphatic carbocycles. The molecule has 1 atom stereocenters. The summed E-state index contributed by atoms with van der Waals surface area (Å²) in [6.45, 7) is 0.786. The molecule has 0 unspecified atom stereocenters. The van der Waals surface area contributed by atoms with Crippen molar-refractivity contribution in [3.8, 4) is 34.3 Å². The highest BCUT2D eigenvalue weighted by atomic mass is 35.5. The predicted octanol–water partition coefficient (Wildman–Crippen LogP) is 7.25. The average molecular weight is 664 g/mol. The third-order valence-corrected chi connectivity index (χ3v) is 8.05. The SMILES string of the molecule is CNCc1ccc(-c2ccnc(-c3cccc4c3CCC[C@@H]4Nc3nc(OC)c(CNC)cc3C(F)(F)F)c2Cl)nc1OC.Cl. The van der Waals surface area contributed by atoms with Crippen molar-refractivity contribution in [2.45, 2.75) is 44.6 Å². The Bertz CT molecular complexity index is 1650. The lowest BCUT2D eigenvalue weighted by molar-refractivity contribution is -0.137. The van der Waals surface area contributed by atoms with Crippen LogP contribution in [0.4, 0.5) is 19.0 Å². The van der Waals surface area contributed by atoms with E-state index in [0.29, 0.717) is 46.4 Å². The van der Waals surface area contributed by atoms with Crippen LogP contribution in [0, 0.1) is 0 Å². The molecule has 3 aromatic heterocycles. The van der Waals surface area contributed by atoms with Crippen molar-refractivity contribution in [1.82, 2.24) is 25.6 Å². The molecule has 3 heterocycles. The number of benzene rings is 1. The largest absolute Gasteiger partial charge is 0.481 e. The van der Waals surface area contributed by atoms with E-state index in [1.165, 1.54) is 7.11 Å². The molecule has 3 N–H and O–H groups in total. The number of rotatable bonds is 10. The second-order valence-corrected chi connectivity index (χ2v) is 10.8. The molecule has 0 saturated carbocycles. The molecule has 8 nitrogen and oxygen atoms in total. The molecule has 4 aromatic rings. The van der Waals surface area contributed by atoms with Crippen molar-refractivity contribution in [3.63, 3.8) is 0 Å². The number of nitrogens with one attached hydrogen (secondary N) is 3. The summed E-state index contributed by atoms with van der Waals surface area (Å²) >= 11 is 7.00. The highest BCUT2D eigenvalue weighted by molar-refractivity contribution is 6.35. The number of nitrogens with zero attached hydrogens (tertiary/aromatic N) is 3. The topological polar surface area (TPSA) is 93.2 Å². The van der Waals surface area contributed by atoms with Crippen molar-refractivity contribution in [3.05, 3.63) is 81.5 Å². The number of aromatic nitrogens is 3. The molecule has 0 amide bonds. The van der Waals surface area contributed by atoms with Gasteiger partial charge in [0.05, 0.1) is 42.2 Å². The van der Waals surface area contributed by atoms with Gasteiger partial charge in [-0.15, -0.1) is 12.4 Å². The fourth-order valence-corrected chi connectivity index (χ4v) is 6.00. The van der Waals surface area contributed by atoms with E-state index in [2.05, 4.69) is 30.9 Å². The van der Waals surface area contributed by atoms with E-state index in [9.17, 15) is 13.2 Å². The van der Waals surface area contributed by atoms with Crippen molar-refractivity contribution in [2.75, 3.05) is 33.6 Å². The summed E-state index contributed by atoms with van der Waals surface area (Å²) in [4.78, 5) is 13.6. The summed E-state index contributed by atoms with van der Waals surface area (Å²) in [6, 6.07) is 12.1. The van der Waals surface area contributed by atoms with Crippen LogP contribution >= 0.6 is 24.0 Å². The fraction of sp³-hybridized carbons (Fsp3) is 0.344. The van der Waals surface area contributed by atoms with Gasteiger partial charge in [0, 0.05) is 41.5 Å². The fourth-order valence-electron chi connectivity index (χ4n) is 5.69. The lowest BCUT2D eigenvalue weighted by Gasteiger charge is -2.30. The predicted molar refractivity (Wildman–Crippen MR) is 172 cm³/mol. The van der Waals surface area contributed by atoms with Crippen LogP contribution in [0.5, 0.6) is 11.8 Å². The van der Waals surface area contributed by atoms with Gasteiger partial charge in [-0.1, -0.05) is 35.9 Å². The standard InChI is InChI=1S/C32H34ClF3N6O2.ClH/c1-37-16-18-11-12-26(41-30(18)43-3)23-13-14-39-28(27(23)33)22-9-5-8-21-20(22)7-6-10-25(21)40-29-24(32(34,35)36)15-19(17-38-2)31(42-29)44-4;/h5,8-9,11-15,25,37-38H,6-7,10,16-17H2,1-4H3,(H,40,42);1H/t25-;/m0./s1. The van der Waals surface area contributed by atoms with E-state index in [1.807, 2.05) is 37.4 Å². The number of halogens is 5. The summed E-state index contributed by atoms with van der Waals surface area (Å²) in [5.41, 5.74) is 4.99. The van der Waals surface area contributed by atoms with E-state index in [-0.39, 0.29) is 30.6 Å². The van der Waals surface area contributed by atoms with E-state index < -0.39 is 17.8 Å². The van der Waals surface area contributed by atoms with E-state index >= 15 is 0 Å². The normalized spacial score (nSPS) is 14.4. The minimum atomic E-state index is -4.61. The maximum atomic E-state index is 14.2. The molecule has 0 radical (unpaired) electrons. The molecule has 0 spiro atoms. The molecule has 5 rings (SSSR count). The molecule has 0 fully saturated rings. The summed E-state index contributed by atoms with van der Waals surface area (Å²) in [5, 5.41) is 9.50. The number of hydrogen-bond donors (Lipinski definition) is 3. The highest BCUT2D eigenvalue weighted by Crippen LogP contribution is 2.43. The minimum Gasteiger partial charge on any atom is -0.481 e. The molecular weight excluding hydrogens is 628 g/mol. The summed E-state index contributed by atoms with van der Waals surface area (Å²) in [7, 11) is 6.48. The molecule has 45 heavy (non-hydrogen) atoms. The average Bonchev–Trinajstić information content (AvgIpc) is 3.01. The van der Waals surface area contributed by atoms with Crippen molar-refractivity contribution in [2.24, 2.45) is 0 Å². The van der Waals surface area contributed by atoms with Gasteiger partial charge in [-0.3, -0.25) is 4.98 Å². The molecule has 0 saturated heterocycles. The first-order valence-corrected chi connectivity index (χ1v) is 14.6. The molecule has 0 bridgehead atoms. The van der Waals surface area contributed by atoms with Crippen molar-refractivity contribution >= 4 is 29.8 Å². The van der Waals surface area contributed by atoms with Crippen LogP contribution in [0.2, 0.25) is 5.02 Å². The number of anilines is 1. The van der Waals surface area contributed by atoms with E-state index in [4.69, 9.17) is 21.1 Å². The Balaban J connectivity index is 0.00000461. The van der Waals surface area contributed by atoms with Gasteiger partial charge >= 0.3 is 6.18 Å². The van der Waals surface area contributed by atoms with Crippen LogP contribution in [0.25, 0.3) is 22.5 Å². The second kappa shape index (κ2) is 14.6. The van der Waals surface area contributed by atoms with Crippen molar-refractivity contribution in [1.29, 1.82) is 0 Å². The van der Waals surface area contributed by atoms with Gasteiger partial charge in [0.2, 0.25) is 11.8 Å². The van der Waals surface area contributed by atoms with Gasteiger partial charge in [0.25, 0.3) is 0 Å². The monoisotopic (exact) mass is 662 g/mol. The first-order chi connectivity index (χ1) is 21.2. The van der Waals surface area contributed by atoms with Crippen LogP contribution < -0.4 is 25.4 Å². The first-order valence-electron chi connectivity index (χ1n) is 14.2. The Morgan fingerprint density at radius 3 is 2.33 bits per heavy atom. The first kappa shape index (κ1) is 34.2. The van der Waals surface area contributed by atoms with Crippen LogP contribution in [-0.2, 0) is 25.7 Å². The summed E-state index contributed by atoms with van der Waals surface area (Å²) in [6.07, 6.45) is -0.826. The maximum absolute atomic E-state index is 14.2. The molecule has 240 valence electrons. The Morgan fingerprint density at radius 2 is 1.64 bits per heavy atom.